The number of anilines is 1. The summed E-state index contributed by atoms with van der Waals surface area (Å²) in [7, 11) is 4.25. The van der Waals surface area contributed by atoms with E-state index in [1.165, 1.54) is 15.7 Å². The summed E-state index contributed by atoms with van der Waals surface area (Å²) < 4.78 is 1.20. The number of piperazine rings is 1. The van der Waals surface area contributed by atoms with Crippen LogP contribution in [0.5, 0.6) is 0 Å². The number of nitrogens with zero attached hydrogens (tertiary/aromatic N) is 2. The Morgan fingerprint density at radius 3 is 2.89 bits per heavy atom. The number of aryl methyl sites for hydroxylation is 1. The van der Waals surface area contributed by atoms with E-state index >= 15 is 0 Å². The maximum absolute atomic E-state index is 3.68. The highest BCUT2D eigenvalue weighted by Gasteiger charge is 2.21. The van der Waals surface area contributed by atoms with Gasteiger partial charge in [-0.25, -0.2) is 0 Å². The number of likely N-dealkylation sites (N-methyl/N-ethyl adjacent to an activating group) is 1. The second kappa shape index (κ2) is 6.04. The molecule has 4 heteroatoms. The van der Waals surface area contributed by atoms with Crippen LogP contribution in [0.25, 0.3) is 0 Å². The van der Waals surface area contributed by atoms with Gasteiger partial charge in [0.1, 0.15) is 0 Å². The molecule has 1 aromatic rings. The second-order valence-corrected chi connectivity index (χ2v) is 6.17. The molecule has 0 saturated carbocycles. The maximum Gasteiger partial charge on any atom is 0.0511 e. The van der Waals surface area contributed by atoms with Crippen molar-refractivity contribution in [1.82, 2.24) is 10.2 Å². The highest BCUT2D eigenvalue weighted by atomic mass is 79.9. The SMILES string of the molecule is Cc1ccc(N2CCNC(CN(C)C)C2)c(Br)c1. The van der Waals surface area contributed by atoms with Crippen LogP contribution in [0.1, 0.15) is 5.56 Å². The van der Waals surface area contributed by atoms with E-state index in [1.54, 1.807) is 0 Å². The lowest BCUT2D eigenvalue weighted by Gasteiger charge is -2.37. The third-order valence-electron chi connectivity index (χ3n) is 3.28. The van der Waals surface area contributed by atoms with Crippen molar-refractivity contribution >= 4 is 21.6 Å². The Morgan fingerprint density at radius 1 is 1.44 bits per heavy atom. The van der Waals surface area contributed by atoms with E-state index in [2.05, 4.69) is 70.3 Å². The molecule has 1 aliphatic rings. The van der Waals surface area contributed by atoms with Gasteiger partial charge in [0.05, 0.1) is 5.69 Å². The van der Waals surface area contributed by atoms with Crippen molar-refractivity contribution in [2.45, 2.75) is 13.0 Å². The zero-order chi connectivity index (χ0) is 13.1. The summed E-state index contributed by atoms with van der Waals surface area (Å²) in [5.41, 5.74) is 2.61. The van der Waals surface area contributed by atoms with Gasteiger partial charge >= 0.3 is 0 Å². The monoisotopic (exact) mass is 311 g/mol. The van der Waals surface area contributed by atoms with Crippen molar-refractivity contribution in [3.05, 3.63) is 28.2 Å². The largest absolute Gasteiger partial charge is 0.368 e. The molecule has 18 heavy (non-hydrogen) atoms. The molecular formula is C14H22BrN3. The van der Waals surface area contributed by atoms with Gasteiger partial charge in [-0.05, 0) is 54.6 Å². The van der Waals surface area contributed by atoms with E-state index in [0.29, 0.717) is 6.04 Å². The molecular weight excluding hydrogens is 290 g/mol. The Morgan fingerprint density at radius 2 is 2.22 bits per heavy atom. The molecule has 2 rings (SSSR count). The molecule has 100 valence electrons. The quantitative estimate of drug-likeness (QED) is 0.922. The predicted octanol–water partition coefficient (Wildman–Crippen LogP) is 2.10. The summed E-state index contributed by atoms with van der Waals surface area (Å²) in [5, 5.41) is 3.58. The van der Waals surface area contributed by atoms with Gasteiger partial charge in [-0.2, -0.15) is 0 Å². The molecule has 1 saturated heterocycles. The number of nitrogens with one attached hydrogen (secondary N) is 1. The summed E-state index contributed by atoms with van der Waals surface area (Å²) in [6.07, 6.45) is 0. The zero-order valence-electron chi connectivity index (χ0n) is 11.4. The minimum Gasteiger partial charge on any atom is -0.368 e. The number of rotatable bonds is 3. The summed E-state index contributed by atoms with van der Waals surface area (Å²) in [5.74, 6) is 0. The first-order valence-corrected chi connectivity index (χ1v) is 7.25. The van der Waals surface area contributed by atoms with Gasteiger partial charge in [0.2, 0.25) is 0 Å². The lowest BCUT2D eigenvalue weighted by atomic mass is 10.1. The van der Waals surface area contributed by atoms with E-state index < -0.39 is 0 Å². The highest BCUT2D eigenvalue weighted by molar-refractivity contribution is 9.10. The Hall–Kier alpha value is -0.580. The molecule has 1 heterocycles. The molecule has 1 atom stereocenters. The number of benzene rings is 1. The van der Waals surface area contributed by atoms with Crippen LogP contribution in [0.15, 0.2) is 22.7 Å². The molecule has 1 unspecified atom stereocenters. The van der Waals surface area contributed by atoms with Crippen LogP contribution < -0.4 is 10.2 Å². The van der Waals surface area contributed by atoms with Gasteiger partial charge in [0.25, 0.3) is 0 Å². The lowest BCUT2D eigenvalue weighted by molar-refractivity contribution is 0.323. The fourth-order valence-corrected chi connectivity index (χ4v) is 3.22. The van der Waals surface area contributed by atoms with Crippen molar-refractivity contribution in [2.24, 2.45) is 0 Å². The first-order valence-electron chi connectivity index (χ1n) is 6.45. The van der Waals surface area contributed by atoms with Crippen LogP contribution >= 0.6 is 15.9 Å². The van der Waals surface area contributed by atoms with Crippen molar-refractivity contribution in [3.8, 4) is 0 Å². The third-order valence-corrected chi connectivity index (χ3v) is 3.92. The lowest BCUT2D eigenvalue weighted by Crippen LogP contribution is -2.54. The average Bonchev–Trinajstić information content (AvgIpc) is 2.28. The highest BCUT2D eigenvalue weighted by Crippen LogP contribution is 2.27. The van der Waals surface area contributed by atoms with Gasteiger partial charge in [-0.1, -0.05) is 6.07 Å². The molecule has 0 aliphatic carbocycles. The van der Waals surface area contributed by atoms with Crippen molar-refractivity contribution < 1.29 is 0 Å². The fourth-order valence-electron chi connectivity index (χ4n) is 2.48. The number of halogens is 1. The molecule has 1 N–H and O–H groups in total. The van der Waals surface area contributed by atoms with E-state index in [1.807, 2.05) is 0 Å². The van der Waals surface area contributed by atoms with Gasteiger partial charge in [0.15, 0.2) is 0 Å². The first-order chi connectivity index (χ1) is 8.56. The summed E-state index contributed by atoms with van der Waals surface area (Å²) in [6, 6.07) is 7.14. The molecule has 3 nitrogen and oxygen atoms in total. The fraction of sp³-hybridized carbons (Fsp3) is 0.571. The first kappa shape index (κ1) is 13.8. The van der Waals surface area contributed by atoms with Crippen molar-refractivity contribution in [3.63, 3.8) is 0 Å². The predicted molar refractivity (Wildman–Crippen MR) is 81.4 cm³/mol. The Balaban J connectivity index is 2.08. The standard InChI is InChI=1S/C14H22BrN3/c1-11-4-5-14(13(15)8-11)18-7-6-16-12(10-18)9-17(2)3/h4-5,8,12,16H,6-7,9-10H2,1-3H3. The number of hydrogen-bond acceptors (Lipinski definition) is 3. The molecule has 0 radical (unpaired) electrons. The molecule has 0 amide bonds. The normalized spacial score (nSPS) is 20.5. The molecule has 1 aromatic carbocycles. The zero-order valence-corrected chi connectivity index (χ0v) is 13.0. The molecule has 0 spiro atoms. The second-order valence-electron chi connectivity index (χ2n) is 5.31. The van der Waals surface area contributed by atoms with Crippen LogP contribution in [0, 0.1) is 6.92 Å². The maximum atomic E-state index is 3.68. The Bertz CT molecular complexity index is 406. The Kier molecular flexibility index (Phi) is 4.65. The smallest absolute Gasteiger partial charge is 0.0511 e. The van der Waals surface area contributed by atoms with Crippen LogP contribution in [0.4, 0.5) is 5.69 Å². The van der Waals surface area contributed by atoms with Crippen molar-refractivity contribution in [2.75, 3.05) is 45.2 Å². The topological polar surface area (TPSA) is 18.5 Å². The molecule has 0 bridgehead atoms. The third kappa shape index (κ3) is 3.46. The van der Waals surface area contributed by atoms with Crippen LogP contribution in [-0.2, 0) is 0 Å². The minimum absolute atomic E-state index is 0.543. The number of hydrogen-bond donors (Lipinski definition) is 1. The summed E-state index contributed by atoms with van der Waals surface area (Å²) in [6.45, 7) is 6.41. The summed E-state index contributed by atoms with van der Waals surface area (Å²) >= 11 is 3.68. The Labute approximate surface area is 118 Å². The van der Waals surface area contributed by atoms with E-state index in [0.717, 1.165) is 26.2 Å². The minimum atomic E-state index is 0.543. The van der Waals surface area contributed by atoms with E-state index in [9.17, 15) is 0 Å². The summed E-state index contributed by atoms with van der Waals surface area (Å²) in [4.78, 5) is 4.71. The molecule has 1 aliphatic heterocycles. The van der Waals surface area contributed by atoms with Crippen LogP contribution in [0.2, 0.25) is 0 Å². The van der Waals surface area contributed by atoms with E-state index in [-0.39, 0.29) is 0 Å². The van der Waals surface area contributed by atoms with Gasteiger partial charge < -0.3 is 15.1 Å². The van der Waals surface area contributed by atoms with Gasteiger partial charge in [-0.15, -0.1) is 0 Å². The van der Waals surface area contributed by atoms with Crippen LogP contribution in [-0.4, -0.2) is 51.2 Å². The van der Waals surface area contributed by atoms with Crippen LogP contribution in [0.3, 0.4) is 0 Å². The van der Waals surface area contributed by atoms with Gasteiger partial charge in [0, 0.05) is 36.7 Å². The molecule has 0 aromatic heterocycles. The van der Waals surface area contributed by atoms with Crippen molar-refractivity contribution in [1.29, 1.82) is 0 Å². The van der Waals surface area contributed by atoms with E-state index in [4.69, 9.17) is 0 Å². The molecule has 1 fully saturated rings. The average molecular weight is 312 g/mol. The van der Waals surface area contributed by atoms with Gasteiger partial charge in [-0.3, -0.25) is 0 Å².